The Balaban J connectivity index is 3.01. The van der Waals surface area contributed by atoms with Gasteiger partial charge in [0.05, 0.1) is 5.02 Å². The van der Waals surface area contributed by atoms with E-state index in [0.717, 1.165) is 14.2 Å². The van der Waals surface area contributed by atoms with Crippen molar-refractivity contribution in [3.8, 4) is 0 Å². The molecule has 0 aliphatic rings. The topological polar surface area (TPSA) is 46.2 Å². The van der Waals surface area contributed by atoms with Crippen LogP contribution in [0.1, 0.15) is 18.9 Å². The lowest BCUT2D eigenvalue weighted by Crippen LogP contribution is -2.34. The van der Waals surface area contributed by atoms with Gasteiger partial charge < -0.3 is 10.8 Å². The van der Waals surface area contributed by atoms with E-state index >= 15 is 0 Å². The molecular formula is C10H13ClINO. The number of nitrogens with two attached hydrogens (primary N) is 1. The maximum absolute atomic E-state index is 8.88. The van der Waals surface area contributed by atoms with Crippen LogP contribution >= 0.6 is 34.2 Å². The number of rotatable bonds is 3. The molecule has 0 spiro atoms. The third kappa shape index (κ3) is 2.82. The predicted octanol–water partition coefficient (Wildman–Crippen LogP) is 2.50. The second kappa shape index (κ2) is 4.79. The van der Waals surface area contributed by atoms with Crippen molar-refractivity contribution in [1.29, 1.82) is 0 Å². The van der Waals surface area contributed by atoms with Gasteiger partial charge in [0.15, 0.2) is 0 Å². The molecule has 14 heavy (non-hydrogen) atoms. The van der Waals surface area contributed by atoms with Crippen LogP contribution in [0, 0.1) is 3.57 Å². The minimum Gasteiger partial charge on any atom is -0.396 e. The lowest BCUT2D eigenvalue weighted by Gasteiger charge is -2.24. The molecule has 3 N–H and O–H groups in total. The number of aliphatic hydroxyl groups excluding tert-OH is 1. The van der Waals surface area contributed by atoms with Crippen molar-refractivity contribution in [3.05, 3.63) is 32.4 Å². The number of halogens is 2. The molecule has 1 aromatic carbocycles. The molecule has 0 saturated heterocycles. The fraction of sp³-hybridized carbons (Fsp3) is 0.400. The first-order valence-electron chi connectivity index (χ1n) is 4.32. The van der Waals surface area contributed by atoms with E-state index in [1.165, 1.54) is 0 Å². The number of hydrogen-bond acceptors (Lipinski definition) is 2. The molecule has 0 unspecified atom stereocenters. The van der Waals surface area contributed by atoms with Crippen LogP contribution in [-0.4, -0.2) is 11.7 Å². The standard InChI is InChI=1S/C10H13ClINO/c1-10(13,4-5-14)7-2-3-8(11)9(12)6-7/h2-3,6,14H,4-5,13H2,1H3/t10-/m0/s1. The van der Waals surface area contributed by atoms with Crippen LogP contribution in [0.25, 0.3) is 0 Å². The summed E-state index contributed by atoms with van der Waals surface area (Å²) in [4.78, 5) is 0. The minimum absolute atomic E-state index is 0.0895. The summed E-state index contributed by atoms with van der Waals surface area (Å²) < 4.78 is 0.983. The van der Waals surface area contributed by atoms with Gasteiger partial charge in [0, 0.05) is 15.7 Å². The molecule has 78 valence electrons. The van der Waals surface area contributed by atoms with Crippen molar-refractivity contribution in [2.45, 2.75) is 18.9 Å². The fourth-order valence-electron chi connectivity index (χ4n) is 1.23. The van der Waals surface area contributed by atoms with Gasteiger partial charge >= 0.3 is 0 Å². The third-order valence-corrected chi connectivity index (χ3v) is 3.75. The van der Waals surface area contributed by atoms with E-state index in [1.54, 1.807) is 0 Å². The van der Waals surface area contributed by atoms with Gasteiger partial charge in [-0.2, -0.15) is 0 Å². The summed E-state index contributed by atoms with van der Waals surface area (Å²) in [6.07, 6.45) is 0.546. The van der Waals surface area contributed by atoms with Crippen LogP contribution in [0.15, 0.2) is 18.2 Å². The predicted molar refractivity (Wildman–Crippen MR) is 67.4 cm³/mol. The van der Waals surface area contributed by atoms with Crippen LogP contribution in [0.2, 0.25) is 5.02 Å². The number of benzene rings is 1. The van der Waals surface area contributed by atoms with E-state index < -0.39 is 5.54 Å². The lowest BCUT2D eigenvalue weighted by atomic mass is 9.90. The summed E-state index contributed by atoms with van der Waals surface area (Å²) in [6.45, 7) is 1.99. The highest BCUT2D eigenvalue weighted by Crippen LogP contribution is 2.26. The molecule has 0 radical (unpaired) electrons. The molecule has 4 heteroatoms. The van der Waals surface area contributed by atoms with Gasteiger partial charge in [0.1, 0.15) is 0 Å². The van der Waals surface area contributed by atoms with E-state index in [4.69, 9.17) is 22.4 Å². The SMILES string of the molecule is C[C@](N)(CCO)c1ccc(Cl)c(I)c1. The first kappa shape index (κ1) is 12.2. The average Bonchev–Trinajstić information content (AvgIpc) is 2.09. The van der Waals surface area contributed by atoms with Crippen molar-refractivity contribution in [2.24, 2.45) is 5.73 Å². The zero-order valence-electron chi connectivity index (χ0n) is 7.93. The molecule has 0 saturated carbocycles. The fourth-order valence-corrected chi connectivity index (χ4v) is 1.86. The van der Waals surface area contributed by atoms with Crippen LogP contribution in [0.4, 0.5) is 0 Å². The Morgan fingerprint density at radius 1 is 1.57 bits per heavy atom. The van der Waals surface area contributed by atoms with Crippen molar-refractivity contribution < 1.29 is 5.11 Å². The highest BCUT2D eigenvalue weighted by Gasteiger charge is 2.20. The maximum Gasteiger partial charge on any atom is 0.0539 e. The minimum atomic E-state index is -0.487. The highest BCUT2D eigenvalue weighted by molar-refractivity contribution is 14.1. The summed E-state index contributed by atoms with van der Waals surface area (Å²) in [5, 5.41) is 9.61. The van der Waals surface area contributed by atoms with Gasteiger partial charge in [0.2, 0.25) is 0 Å². The largest absolute Gasteiger partial charge is 0.396 e. The molecule has 0 heterocycles. The molecule has 0 amide bonds. The molecule has 0 fully saturated rings. The van der Waals surface area contributed by atoms with Gasteiger partial charge in [-0.3, -0.25) is 0 Å². The lowest BCUT2D eigenvalue weighted by molar-refractivity contribution is 0.247. The Bertz CT molecular complexity index is 328. The first-order valence-corrected chi connectivity index (χ1v) is 5.78. The Kier molecular flexibility index (Phi) is 4.18. The molecule has 2 nitrogen and oxygen atoms in total. The van der Waals surface area contributed by atoms with E-state index in [2.05, 4.69) is 22.6 Å². The van der Waals surface area contributed by atoms with Crippen LogP contribution < -0.4 is 5.73 Å². The van der Waals surface area contributed by atoms with E-state index in [9.17, 15) is 0 Å². The highest BCUT2D eigenvalue weighted by atomic mass is 127. The first-order chi connectivity index (χ1) is 6.47. The summed E-state index contributed by atoms with van der Waals surface area (Å²) in [7, 11) is 0. The summed E-state index contributed by atoms with van der Waals surface area (Å²) in [5.74, 6) is 0. The van der Waals surface area contributed by atoms with Crippen LogP contribution in [-0.2, 0) is 5.54 Å². The normalized spacial score (nSPS) is 15.2. The second-order valence-electron chi connectivity index (χ2n) is 3.52. The van der Waals surface area contributed by atoms with Gasteiger partial charge in [-0.05, 0) is 53.6 Å². The van der Waals surface area contributed by atoms with Gasteiger partial charge in [0.25, 0.3) is 0 Å². The van der Waals surface area contributed by atoms with E-state index in [0.29, 0.717) is 6.42 Å². The Hall–Kier alpha value is 0.160. The monoisotopic (exact) mass is 325 g/mol. The average molecular weight is 326 g/mol. The van der Waals surface area contributed by atoms with Crippen LogP contribution in [0.5, 0.6) is 0 Å². The van der Waals surface area contributed by atoms with Gasteiger partial charge in [-0.15, -0.1) is 0 Å². The number of hydrogen-bond donors (Lipinski definition) is 2. The summed E-state index contributed by atoms with van der Waals surface area (Å²) in [6, 6.07) is 5.69. The van der Waals surface area contributed by atoms with Crippen molar-refractivity contribution >= 4 is 34.2 Å². The van der Waals surface area contributed by atoms with Crippen molar-refractivity contribution in [1.82, 2.24) is 0 Å². The van der Waals surface area contributed by atoms with Gasteiger partial charge in [-0.25, -0.2) is 0 Å². The molecule has 0 aromatic heterocycles. The molecule has 0 aliphatic carbocycles. The molecule has 0 aliphatic heterocycles. The molecule has 0 bridgehead atoms. The molecule has 1 atom stereocenters. The van der Waals surface area contributed by atoms with E-state index in [-0.39, 0.29) is 6.61 Å². The second-order valence-corrected chi connectivity index (χ2v) is 5.09. The van der Waals surface area contributed by atoms with Gasteiger partial charge in [-0.1, -0.05) is 17.7 Å². The quantitative estimate of drug-likeness (QED) is 0.839. The molecule has 1 rings (SSSR count). The Labute approximate surface area is 103 Å². The molecular weight excluding hydrogens is 312 g/mol. The van der Waals surface area contributed by atoms with Crippen molar-refractivity contribution in [3.63, 3.8) is 0 Å². The number of aliphatic hydroxyl groups is 1. The smallest absolute Gasteiger partial charge is 0.0539 e. The Morgan fingerprint density at radius 3 is 2.71 bits per heavy atom. The van der Waals surface area contributed by atoms with E-state index in [1.807, 2.05) is 25.1 Å². The Morgan fingerprint density at radius 2 is 2.21 bits per heavy atom. The zero-order chi connectivity index (χ0) is 10.8. The third-order valence-electron chi connectivity index (χ3n) is 2.21. The summed E-state index contributed by atoms with van der Waals surface area (Å²) in [5.41, 5.74) is 6.57. The zero-order valence-corrected chi connectivity index (χ0v) is 10.8. The van der Waals surface area contributed by atoms with Crippen LogP contribution in [0.3, 0.4) is 0 Å². The summed E-state index contributed by atoms with van der Waals surface area (Å²) >= 11 is 8.08. The maximum atomic E-state index is 8.88. The molecule has 1 aromatic rings. The van der Waals surface area contributed by atoms with Crippen molar-refractivity contribution in [2.75, 3.05) is 6.61 Å².